The zero-order chi connectivity index (χ0) is 35.6. The monoisotopic (exact) mass is 686 g/mol. The van der Waals surface area contributed by atoms with Gasteiger partial charge in [-0.25, -0.2) is 8.96 Å². The first-order valence-corrected chi connectivity index (χ1v) is 16.8. The Morgan fingerprint density at radius 3 is 1.92 bits per heavy atom. The van der Waals surface area contributed by atoms with Gasteiger partial charge in [-0.1, -0.05) is 54.6 Å². The number of hydrogen-bond acceptors (Lipinski definition) is 8. The molecule has 49 heavy (non-hydrogen) atoms. The maximum atomic E-state index is 15.2. The molecule has 4 aromatic carbocycles. The molecule has 8 nitrogen and oxygen atoms in total. The summed E-state index contributed by atoms with van der Waals surface area (Å²) in [5.41, 5.74) is 2.37. The lowest BCUT2D eigenvalue weighted by molar-refractivity contribution is -0.0208. The highest BCUT2D eigenvalue weighted by Crippen LogP contribution is 2.47. The number of alkyl halides is 1. The van der Waals surface area contributed by atoms with E-state index in [1.54, 1.807) is 20.3 Å². The number of nitrogens with zero attached hydrogens (tertiary/aromatic N) is 2. The highest BCUT2D eigenvalue weighted by Gasteiger charge is 2.42. The molecule has 0 radical (unpaired) electrons. The lowest BCUT2D eigenvalue weighted by Crippen LogP contribution is -2.51. The van der Waals surface area contributed by atoms with Gasteiger partial charge in [-0.3, -0.25) is 4.52 Å². The Morgan fingerprint density at radius 1 is 0.898 bits per heavy atom. The summed E-state index contributed by atoms with van der Waals surface area (Å²) in [5, 5.41) is 9.18. The molecule has 0 saturated carbocycles. The minimum Gasteiger partial charge on any atom is -0.497 e. The zero-order valence-corrected chi connectivity index (χ0v) is 30.1. The van der Waals surface area contributed by atoms with Crippen molar-refractivity contribution in [2.24, 2.45) is 0 Å². The molecule has 0 saturated heterocycles. The fraction of sp³-hybridized carbons (Fsp3) is 0.359. The van der Waals surface area contributed by atoms with Crippen LogP contribution in [-0.4, -0.2) is 32.6 Å². The molecule has 10 heteroatoms. The largest absolute Gasteiger partial charge is 0.497 e. The molecule has 4 rings (SSSR count). The molecule has 0 aromatic heterocycles. The minimum absolute atomic E-state index is 0.0968. The summed E-state index contributed by atoms with van der Waals surface area (Å²) in [6, 6.07) is 28.9. The standard InChI is InChI=1S/C39H44FN2O6P/c1-27(2)42(38(4,5)46-23-11-22-41)36-24-29(25-40)35(26-47-49-43)37(28(36)3)48-39(30-12-9-8-10-13-30,31-14-18-33(44-6)19-15-31)32-16-20-34(45-7)21-17-32/h8-10,12-21,24,27H,11,23,25-26H2,1-7H3. The number of benzene rings is 4. The third-order valence-electron chi connectivity index (χ3n) is 8.56. The molecule has 0 aliphatic rings. The number of nitriles is 1. The van der Waals surface area contributed by atoms with Gasteiger partial charge >= 0.3 is 8.69 Å². The Hall–Kier alpha value is -4.48. The molecule has 0 N–H and O–H groups in total. The zero-order valence-electron chi connectivity index (χ0n) is 29.2. The van der Waals surface area contributed by atoms with E-state index < -0.39 is 26.7 Å². The summed E-state index contributed by atoms with van der Waals surface area (Å²) >= 11 is 0. The SMILES string of the molecule is COc1ccc(C(Oc2c(C)c(N(C(C)C)C(C)(C)OCCC#N)cc(CF)c2COP=O)(c2ccccc2)c2ccc(OC)cc2)cc1. The Balaban J connectivity index is 2.11. The van der Waals surface area contributed by atoms with E-state index in [0.717, 1.165) is 16.7 Å². The van der Waals surface area contributed by atoms with Gasteiger partial charge in [0.2, 0.25) is 0 Å². The van der Waals surface area contributed by atoms with E-state index in [0.29, 0.717) is 39.6 Å². The van der Waals surface area contributed by atoms with Gasteiger partial charge in [-0.2, -0.15) is 5.26 Å². The van der Waals surface area contributed by atoms with Crippen LogP contribution < -0.4 is 19.1 Å². The van der Waals surface area contributed by atoms with E-state index in [2.05, 4.69) is 11.0 Å². The van der Waals surface area contributed by atoms with Crippen molar-refractivity contribution in [1.29, 1.82) is 5.26 Å². The summed E-state index contributed by atoms with van der Waals surface area (Å²) in [4.78, 5) is 2.06. The lowest BCUT2D eigenvalue weighted by Gasteiger charge is -2.45. The third-order valence-corrected chi connectivity index (χ3v) is 8.79. The normalized spacial score (nSPS) is 11.8. The van der Waals surface area contributed by atoms with E-state index in [4.69, 9.17) is 23.5 Å². The fourth-order valence-corrected chi connectivity index (χ4v) is 6.55. The summed E-state index contributed by atoms with van der Waals surface area (Å²) in [7, 11) is 2.68. The number of ether oxygens (including phenoxy) is 4. The second-order valence-corrected chi connectivity index (χ2v) is 12.6. The molecule has 0 heterocycles. The first-order valence-electron chi connectivity index (χ1n) is 16.1. The van der Waals surface area contributed by atoms with Crippen LogP contribution in [-0.2, 0) is 32.7 Å². The number of methoxy groups -OCH3 is 2. The van der Waals surface area contributed by atoms with Crippen LogP contribution in [0.2, 0.25) is 0 Å². The molecule has 0 atom stereocenters. The smallest absolute Gasteiger partial charge is 0.327 e. The van der Waals surface area contributed by atoms with E-state index in [1.165, 1.54) is 0 Å². The topological polar surface area (TPSA) is 90.3 Å². The Labute approximate surface area is 290 Å². The average molecular weight is 687 g/mol. The second-order valence-electron chi connectivity index (χ2n) is 12.2. The number of hydrogen-bond donors (Lipinski definition) is 0. The van der Waals surface area contributed by atoms with Gasteiger partial charge in [0, 0.05) is 39.5 Å². The van der Waals surface area contributed by atoms with Crippen LogP contribution in [0.15, 0.2) is 84.9 Å². The molecule has 0 aliphatic heterocycles. The Bertz CT molecular complexity index is 1680. The quantitative estimate of drug-likeness (QED) is 0.0470. The maximum Gasteiger partial charge on any atom is 0.327 e. The molecule has 0 spiro atoms. The third kappa shape index (κ3) is 8.05. The van der Waals surface area contributed by atoms with Crippen LogP contribution in [0.5, 0.6) is 17.2 Å². The molecule has 0 amide bonds. The molecule has 0 aliphatic carbocycles. The number of rotatable bonds is 17. The van der Waals surface area contributed by atoms with Crippen molar-refractivity contribution in [3.63, 3.8) is 0 Å². The van der Waals surface area contributed by atoms with E-state index >= 15 is 4.39 Å². The van der Waals surface area contributed by atoms with Crippen LogP contribution >= 0.6 is 8.69 Å². The lowest BCUT2D eigenvalue weighted by atomic mass is 9.79. The van der Waals surface area contributed by atoms with E-state index in [-0.39, 0.29) is 25.7 Å². The molecular formula is C39H44FN2O6P. The fourth-order valence-electron chi connectivity index (χ4n) is 6.37. The van der Waals surface area contributed by atoms with Gasteiger partial charge < -0.3 is 23.8 Å². The highest BCUT2D eigenvalue weighted by atomic mass is 31.1. The number of anilines is 1. The van der Waals surface area contributed by atoms with Gasteiger partial charge in [-0.15, -0.1) is 0 Å². The van der Waals surface area contributed by atoms with Crippen molar-refractivity contribution in [3.8, 4) is 23.3 Å². The molecule has 4 aromatic rings. The van der Waals surface area contributed by atoms with Crippen LogP contribution in [0.25, 0.3) is 0 Å². The van der Waals surface area contributed by atoms with Crippen LogP contribution in [0, 0.1) is 18.3 Å². The first kappa shape index (κ1) is 37.3. The molecule has 0 fully saturated rings. The summed E-state index contributed by atoms with van der Waals surface area (Å²) in [5.74, 6) is 1.73. The van der Waals surface area contributed by atoms with Crippen molar-refractivity contribution in [3.05, 3.63) is 118 Å². The minimum atomic E-state index is -1.28. The number of halogens is 1. The molecule has 0 unspecified atom stereocenters. The van der Waals surface area contributed by atoms with Gasteiger partial charge in [-0.05, 0) is 70.5 Å². The Morgan fingerprint density at radius 2 is 1.45 bits per heavy atom. The summed E-state index contributed by atoms with van der Waals surface area (Å²) in [6.45, 7) is 9.06. The van der Waals surface area contributed by atoms with Gasteiger partial charge in [0.05, 0.1) is 39.9 Å². The maximum absolute atomic E-state index is 15.2. The van der Waals surface area contributed by atoms with Crippen LogP contribution in [0.1, 0.15) is 67.5 Å². The summed E-state index contributed by atoms with van der Waals surface area (Å²) < 4.78 is 56.9. The van der Waals surface area contributed by atoms with Gasteiger partial charge in [0.25, 0.3) is 0 Å². The van der Waals surface area contributed by atoms with Crippen molar-refractivity contribution >= 4 is 14.4 Å². The van der Waals surface area contributed by atoms with Gasteiger partial charge in [0.15, 0.2) is 5.60 Å². The van der Waals surface area contributed by atoms with Crippen molar-refractivity contribution in [2.45, 2.75) is 71.7 Å². The van der Waals surface area contributed by atoms with Crippen molar-refractivity contribution in [2.75, 3.05) is 25.7 Å². The average Bonchev–Trinajstić information content (AvgIpc) is 3.11. The van der Waals surface area contributed by atoms with Crippen LogP contribution in [0.3, 0.4) is 0 Å². The second kappa shape index (κ2) is 16.8. The first-order chi connectivity index (χ1) is 23.6. The Kier molecular flexibility index (Phi) is 12.8. The predicted molar refractivity (Wildman–Crippen MR) is 189 cm³/mol. The highest BCUT2D eigenvalue weighted by molar-refractivity contribution is 7.17. The predicted octanol–water partition coefficient (Wildman–Crippen LogP) is 9.46. The van der Waals surface area contributed by atoms with Gasteiger partial charge in [0.1, 0.15) is 29.6 Å². The van der Waals surface area contributed by atoms with Crippen LogP contribution in [0.4, 0.5) is 10.1 Å². The molecule has 0 bridgehead atoms. The molecular weight excluding hydrogens is 642 g/mol. The van der Waals surface area contributed by atoms with E-state index in [9.17, 15) is 9.83 Å². The van der Waals surface area contributed by atoms with Crippen molar-refractivity contribution in [1.82, 2.24) is 0 Å². The molecule has 258 valence electrons. The summed E-state index contributed by atoms with van der Waals surface area (Å²) in [6.07, 6.45) is 0.229. The van der Waals surface area contributed by atoms with E-state index in [1.807, 2.05) is 113 Å². The van der Waals surface area contributed by atoms with Crippen molar-refractivity contribution < 1.29 is 32.4 Å².